The van der Waals surface area contributed by atoms with E-state index >= 15 is 0 Å². The van der Waals surface area contributed by atoms with E-state index in [0.717, 1.165) is 6.42 Å². The summed E-state index contributed by atoms with van der Waals surface area (Å²) in [5.41, 5.74) is 9.93. The second-order valence-corrected chi connectivity index (χ2v) is 18.1. The Hall–Kier alpha value is -6.98. The van der Waals surface area contributed by atoms with E-state index in [9.17, 15) is 0 Å². The van der Waals surface area contributed by atoms with Crippen LogP contribution in [0.25, 0.3) is 96.5 Å². The van der Waals surface area contributed by atoms with Crippen molar-refractivity contribution in [3.05, 3.63) is 205 Å². The van der Waals surface area contributed by atoms with Crippen LogP contribution >= 0.6 is 22.7 Å². The molecule has 3 heterocycles. The maximum absolute atomic E-state index is 2.61. The van der Waals surface area contributed by atoms with E-state index in [0.29, 0.717) is 0 Å². The van der Waals surface area contributed by atoms with Gasteiger partial charge in [-0.15, -0.1) is 22.7 Å². The van der Waals surface area contributed by atoms with Crippen molar-refractivity contribution < 1.29 is 0 Å². The first kappa shape index (κ1) is 33.9. The molecule has 1 unspecified atom stereocenters. The van der Waals surface area contributed by atoms with Gasteiger partial charge in [0.25, 0.3) is 0 Å². The Morgan fingerprint density at radius 1 is 0.483 bits per heavy atom. The molecule has 0 radical (unpaired) electrons. The van der Waals surface area contributed by atoms with Crippen molar-refractivity contribution in [1.29, 1.82) is 0 Å². The minimum Gasteiger partial charge on any atom is -0.333 e. The first-order chi connectivity index (χ1) is 29.7. The largest absolute Gasteiger partial charge is 0.333 e. The summed E-state index contributed by atoms with van der Waals surface area (Å²) in [5.74, 6) is 0. The second-order valence-electron chi connectivity index (χ2n) is 16.0. The summed E-state index contributed by atoms with van der Waals surface area (Å²) in [7, 11) is 0. The molecule has 0 aliphatic heterocycles. The van der Waals surface area contributed by atoms with Crippen molar-refractivity contribution in [3.8, 4) is 16.8 Å². The number of aromatic nitrogens is 1. The van der Waals surface area contributed by atoms with Crippen LogP contribution in [0, 0.1) is 0 Å². The molecule has 2 nitrogen and oxygen atoms in total. The lowest BCUT2D eigenvalue weighted by molar-refractivity contribution is 0.713. The summed E-state index contributed by atoms with van der Waals surface area (Å²) < 4.78 is 6.46. The molecular weight excluding hydrogens is 765 g/mol. The van der Waals surface area contributed by atoms with Gasteiger partial charge in [-0.25, -0.2) is 0 Å². The predicted octanol–water partition coefficient (Wildman–Crippen LogP) is 16.6. The van der Waals surface area contributed by atoms with E-state index in [-0.39, 0.29) is 6.04 Å². The normalized spacial score (nSPS) is 14.0. The van der Waals surface area contributed by atoms with Crippen LogP contribution in [0.15, 0.2) is 194 Å². The first-order valence-electron chi connectivity index (χ1n) is 20.7. The van der Waals surface area contributed by atoms with Gasteiger partial charge >= 0.3 is 0 Å². The molecule has 282 valence electrons. The molecule has 0 spiro atoms. The Labute approximate surface area is 355 Å². The summed E-state index contributed by atoms with van der Waals surface area (Å²) >= 11 is 3.80. The van der Waals surface area contributed by atoms with Crippen LogP contribution in [0.2, 0.25) is 0 Å². The van der Waals surface area contributed by atoms with Crippen LogP contribution in [-0.2, 0) is 0 Å². The molecule has 60 heavy (non-hydrogen) atoms. The van der Waals surface area contributed by atoms with E-state index in [2.05, 4.69) is 210 Å². The van der Waals surface area contributed by atoms with E-state index < -0.39 is 0 Å². The van der Waals surface area contributed by atoms with Gasteiger partial charge in [0.2, 0.25) is 0 Å². The molecule has 0 saturated carbocycles. The Balaban J connectivity index is 1.03. The van der Waals surface area contributed by atoms with Crippen molar-refractivity contribution in [2.24, 2.45) is 0 Å². The fraction of sp³-hybridized carbons (Fsp3) is 0.0357. The molecule has 13 rings (SSSR count). The van der Waals surface area contributed by atoms with Crippen molar-refractivity contribution in [2.75, 3.05) is 4.90 Å². The molecule has 1 aliphatic carbocycles. The van der Waals surface area contributed by atoms with Crippen molar-refractivity contribution in [3.63, 3.8) is 0 Å². The molecule has 0 fully saturated rings. The van der Waals surface area contributed by atoms with Crippen LogP contribution < -0.4 is 4.90 Å². The Kier molecular flexibility index (Phi) is 7.51. The third-order valence-corrected chi connectivity index (χ3v) is 15.1. The Morgan fingerprint density at radius 3 is 1.98 bits per heavy atom. The fourth-order valence-corrected chi connectivity index (χ4v) is 12.4. The molecule has 0 amide bonds. The number of anilines is 2. The highest BCUT2D eigenvalue weighted by Crippen LogP contribution is 2.49. The highest BCUT2D eigenvalue weighted by molar-refractivity contribution is 7.26. The van der Waals surface area contributed by atoms with Gasteiger partial charge in [-0.1, -0.05) is 133 Å². The third kappa shape index (κ3) is 5.11. The van der Waals surface area contributed by atoms with Crippen molar-refractivity contribution >= 4 is 114 Å². The summed E-state index contributed by atoms with van der Waals surface area (Å²) in [5, 5.41) is 11.5. The summed E-state index contributed by atoms with van der Waals surface area (Å²) in [6.07, 6.45) is 5.64. The number of para-hydroxylation sites is 1. The number of rotatable bonds is 5. The van der Waals surface area contributed by atoms with Crippen LogP contribution in [-0.4, -0.2) is 4.57 Å². The maximum Gasteiger partial charge on any atom is 0.0646 e. The minimum absolute atomic E-state index is 0.141. The van der Waals surface area contributed by atoms with Gasteiger partial charge in [0.15, 0.2) is 0 Å². The molecule has 1 aliphatic rings. The van der Waals surface area contributed by atoms with Gasteiger partial charge in [-0.05, 0) is 100 Å². The van der Waals surface area contributed by atoms with Crippen molar-refractivity contribution in [1.82, 2.24) is 4.57 Å². The number of benzene rings is 9. The van der Waals surface area contributed by atoms with E-state index in [1.807, 2.05) is 22.7 Å². The topological polar surface area (TPSA) is 8.17 Å². The standard InChI is InChI=1S/C56H36N2S2/c1-2-15-38-32-51-46(31-37(38)14-1)42-18-5-8-21-49(42)58(51)40-33-45(56-47(34-40)43-19-6-9-24-52(43)60-56)36-27-29-39(30-28-36)57(48-22-11-16-35-13-3-4-17-41(35)48)50-23-12-26-54-55(50)44-20-7-10-25-53(44)59-54/h1-22,24-34,50H,23H2. The fourth-order valence-electron chi connectivity index (χ4n) is 10.0. The van der Waals surface area contributed by atoms with Gasteiger partial charge in [-0.3, -0.25) is 0 Å². The van der Waals surface area contributed by atoms with Crippen LogP contribution in [0.4, 0.5) is 11.4 Å². The summed E-state index contributed by atoms with van der Waals surface area (Å²) in [6, 6.07) is 70.2. The number of hydrogen-bond donors (Lipinski definition) is 0. The van der Waals surface area contributed by atoms with Gasteiger partial charge in [0.05, 0.1) is 17.1 Å². The summed E-state index contributed by atoms with van der Waals surface area (Å²) in [6.45, 7) is 0. The highest BCUT2D eigenvalue weighted by atomic mass is 32.1. The number of hydrogen-bond acceptors (Lipinski definition) is 3. The molecule has 0 bridgehead atoms. The van der Waals surface area contributed by atoms with Gasteiger partial charge in [0.1, 0.15) is 0 Å². The average molecular weight is 801 g/mol. The molecule has 1 atom stereocenters. The molecule has 3 aromatic heterocycles. The third-order valence-electron chi connectivity index (χ3n) is 12.7. The van der Waals surface area contributed by atoms with Gasteiger partial charge in [-0.2, -0.15) is 0 Å². The zero-order chi connectivity index (χ0) is 39.3. The molecule has 0 N–H and O–H groups in total. The first-order valence-corrected chi connectivity index (χ1v) is 22.3. The monoisotopic (exact) mass is 800 g/mol. The SMILES string of the molecule is C1=Cc2sc3ccccc3c2C(N(c2ccc(-c3cc(-n4c5ccccc5c5cc6ccccc6cc54)cc4c3sc3ccccc34)cc2)c2cccc3ccccc23)C1. The average Bonchev–Trinajstić information content (AvgIpc) is 3.98. The number of nitrogens with zero attached hydrogens (tertiary/aromatic N) is 2. The Morgan fingerprint density at radius 2 is 1.15 bits per heavy atom. The van der Waals surface area contributed by atoms with E-state index in [4.69, 9.17) is 0 Å². The van der Waals surface area contributed by atoms with Crippen LogP contribution in [0.5, 0.6) is 0 Å². The lowest BCUT2D eigenvalue weighted by Gasteiger charge is -2.36. The maximum atomic E-state index is 2.61. The lowest BCUT2D eigenvalue weighted by Crippen LogP contribution is -2.25. The minimum atomic E-state index is 0.141. The zero-order valence-corrected chi connectivity index (χ0v) is 34.2. The quantitative estimate of drug-likeness (QED) is 0.168. The van der Waals surface area contributed by atoms with E-state index in [1.165, 1.54) is 112 Å². The van der Waals surface area contributed by atoms with Crippen LogP contribution in [0.3, 0.4) is 0 Å². The molecule has 4 heteroatoms. The number of thiophene rings is 2. The van der Waals surface area contributed by atoms with E-state index in [1.54, 1.807) is 0 Å². The Bertz CT molecular complexity index is 3710. The van der Waals surface area contributed by atoms with Gasteiger partial charge in [0, 0.05) is 74.1 Å². The van der Waals surface area contributed by atoms with Gasteiger partial charge < -0.3 is 9.47 Å². The predicted molar refractivity (Wildman–Crippen MR) is 261 cm³/mol. The molecule has 12 aromatic rings. The highest BCUT2D eigenvalue weighted by Gasteiger charge is 2.30. The second kappa shape index (κ2) is 13.3. The van der Waals surface area contributed by atoms with Crippen LogP contribution in [0.1, 0.15) is 22.9 Å². The number of fused-ring (bicyclic) bond motifs is 11. The summed E-state index contributed by atoms with van der Waals surface area (Å²) in [4.78, 5) is 3.97. The molecule has 9 aromatic carbocycles. The lowest BCUT2D eigenvalue weighted by atomic mass is 9.92. The van der Waals surface area contributed by atoms with Crippen molar-refractivity contribution in [2.45, 2.75) is 12.5 Å². The zero-order valence-electron chi connectivity index (χ0n) is 32.5. The molecular formula is C56H36N2S2. The molecule has 0 saturated heterocycles. The smallest absolute Gasteiger partial charge is 0.0646 e.